The van der Waals surface area contributed by atoms with Crippen molar-refractivity contribution >= 4 is 5.69 Å². The van der Waals surface area contributed by atoms with Crippen LogP contribution in [0, 0.1) is 0 Å². The molecule has 1 aliphatic rings. The Labute approximate surface area is 122 Å². The van der Waals surface area contributed by atoms with Crippen LogP contribution < -0.4 is 10.6 Å². The quantitative estimate of drug-likeness (QED) is 0.867. The van der Waals surface area contributed by atoms with Gasteiger partial charge in [0.05, 0.1) is 0 Å². The van der Waals surface area contributed by atoms with Gasteiger partial charge in [0.15, 0.2) is 0 Å². The summed E-state index contributed by atoms with van der Waals surface area (Å²) in [6.45, 7) is 7.44. The number of hydrogen-bond donors (Lipinski definition) is 2. The van der Waals surface area contributed by atoms with Gasteiger partial charge in [0, 0.05) is 43.0 Å². The van der Waals surface area contributed by atoms with Crippen LogP contribution in [0.4, 0.5) is 5.69 Å². The van der Waals surface area contributed by atoms with Crippen LogP contribution in [-0.4, -0.2) is 42.7 Å². The summed E-state index contributed by atoms with van der Waals surface area (Å²) >= 11 is 0. The number of nitrogens with zero attached hydrogens (tertiary/aromatic N) is 2. The van der Waals surface area contributed by atoms with Gasteiger partial charge in [-0.05, 0) is 38.9 Å². The van der Waals surface area contributed by atoms with Gasteiger partial charge in [-0.15, -0.1) is 0 Å². The van der Waals surface area contributed by atoms with Crippen LogP contribution >= 0.6 is 0 Å². The zero-order valence-corrected chi connectivity index (χ0v) is 12.8. The topological polar surface area (TPSA) is 52.7 Å². The lowest BCUT2D eigenvalue weighted by Crippen LogP contribution is -2.38. The molecule has 1 fully saturated rings. The van der Waals surface area contributed by atoms with E-state index in [2.05, 4.69) is 23.8 Å². The lowest BCUT2D eigenvalue weighted by atomic mass is 10.1. The lowest BCUT2D eigenvalue weighted by molar-refractivity contribution is 0.270. The first-order chi connectivity index (χ1) is 9.52. The van der Waals surface area contributed by atoms with E-state index in [4.69, 9.17) is 5.73 Å². The highest BCUT2D eigenvalue weighted by atomic mass is 16.3. The maximum Gasteiger partial charge on any atom is 0.122 e. The van der Waals surface area contributed by atoms with Crippen molar-refractivity contribution in [2.75, 3.05) is 31.6 Å². The van der Waals surface area contributed by atoms with Gasteiger partial charge in [-0.2, -0.15) is 0 Å². The van der Waals surface area contributed by atoms with Crippen LogP contribution in [-0.2, 0) is 0 Å². The Morgan fingerprint density at radius 2 is 2.25 bits per heavy atom. The van der Waals surface area contributed by atoms with Crippen LogP contribution in [0.3, 0.4) is 0 Å². The first-order valence-electron chi connectivity index (χ1n) is 7.56. The second-order valence-electron chi connectivity index (χ2n) is 5.84. The van der Waals surface area contributed by atoms with E-state index in [1.807, 2.05) is 25.1 Å². The summed E-state index contributed by atoms with van der Waals surface area (Å²) in [5.74, 6) is 0.295. The van der Waals surface area contributed by atoms with Crippen molar-refractivity contribution in [3.05, 3.63) is 23.8 Å². The van der Waals surface area contributed by atoms with Crippen molar-refractivity contribution < 1.29 is 5.11 Å². The summed E-state index contributed by atoms with van der Waals surface area (Å²) in [4.78, 5) is 4.76. The maximum atomic E-state index is 10.1. The van der Waals surface area contributed by atoms with E-state index in [1.165, 1.54) is 19.4 Å². The third-order valence-corrected chi connectivity index (χ3v) is 4.34. The van der Waals surface area contributed by atoms with E-state index in [9.17, 15) is 5.11 Å². The van der Waals surface area contributed by atoms with Crippen LogP contribution in [0.25, 0.3) is 0 Å². The van der Waals surface area contributed by atoms with Gasteiger partial charge < -0.3 is 15.7 Å². The molecule has 3 N–H and O–H groups in total. The Morgan fingerprint density at radius 1 is 1.50 bits per heavy atom. The third kappa shape index (κ3) is 3.25. The Bertz CT molecular complexity index is 447. The average molecular weight is 277 g/mol. The third-order valence-electron chi connectivity index (χ3n) is 4.34. The summed E-state index contributed by atoms with van der Waals surface area (Å²) in [6, 6.07) is 6.28. The molecule has 2 unspecified atom stereocenters. The van der Waals surface area contributed by atoms with Crippen molar-refractivity contribution in [1.29, 1.82) is 0 Å². The maximum absolute atomic E-state index is 10.1. The molecule has 1 aromatic rings. The molecule has 4 nitrogen and oxygen atoms in total. The minimum atomic E-state index is -0.139. The minimum Gasteiger partial charge on any atom is -0.508 e. The van der Waals surface area contributed by atoms with E-state index < -0.39 is 0 Å². The first kappa shape index (κ1) is 15.1. The SMILES string of the molecule is CCN1CCCC1CN(C)c1ccc(C(C)N)c(O)c1. The molecule has 1 heterocycles. The molecular weight excluding hydrogens is 250 g/mol. The number of rotatable bonds is 5. The minimum absolute atomic E-state index is 0.139. The predicted octanol–water partition coefficient (Wildman–Crippen LogP) is 2.33. The number of hydrogen-bond acceptors (Lipinski definition) is 4. The fraction of sp³-hybridized carbons (Fsp3) is 0.625. The van der Waals surface area contributed by atoms with Crippen molar-refractivity contribution in [2.45, 2.75) is 38.8 Å². The second-order valence-corrected chi connectivity index (χ2v) is 5.84. The number of likely N-dealkylation sites (N-methyl/N-ethyl adjacent to an activating group) is 2. The van der Waals surface area contributed by atoms with Gasteiger partial charge in [-0.3, -0.25) is 4.90 Å². The number of likely N-dealkylation sites (tertiary alicyclic amines) is 1. The summed E-state index contributed by atoms with van der Waals surface area (Å²) in [5, 5.41) is 10.1. The van der Waals surface area contributed by atoms with Crippen molar-refractivity contribution in [3.8, 4) is 5.75 Å². The number of anilines is 1. The molecule has 112 valence electrons. The Morgan fingerprint density at radius 3 is 2.85 bits per heavy atom. The number of benzene rings is 1. The van der Waals surface area contributed by atoms with Gasteiger partial charge in [0.25, 0.3) is 0 Å². The molecule has 1 aliphatic heterocycles. The molecule has 2 rings (SSSR count). The van der Waals surface area contributed by atoms with Crippen LogP contribution in [0.5, 0.6) is 5.75 Å². The van der Waals surface area contributed by atoms with Gasteiger partial charge in [0.2, 0.25) is 0 Å². The predicted molar refractivity (Wildman–Crippen MR) is 84.2 cm³/mol. The lowest BCUT2D eigenvalue weighted by Gasteiger charge is -2.29. The molecule has 2 atom stereocenters. The highest BCUT2D eigenvalue weighted by Crippen LogP contribution is 2.28. The number of nitrogens with two attached hydrogens (primary N) is 1. The van der Waals surface area contributed by atoms with E-state index in [0.717, 1.165) is 24.3 Å². The zero-order valence-electron chi connectivity index (χ0n) is 12.8. The van der Waals surface area contributed by atoms with Crippen molar-refractivity contribution in [1.82, 2.24) is 4.90 Å². The summed E-state index contributed by atoms with van der Waals surface area (Å²) in [6.07, 6.45) is 2.56. The molecule has 0 saturated carbocycles. The number of phenols is 1. The highest BCUT2D eigenvalue weighted by Gasteiger charge is 2.24. The fourth-order valence-corrected chi connectivity index (χ4v) is 3.09. The second kappa shape index (κ2) is 6.46. The number of aromatic hydroxyl groups is 1. The highest BCUT2D eigenvalue weighted by molar-refractivity contribution is 5.53. The molecule has 4 heteroatoms. The normalized spacial score (nSPS) is 21.1. The standard InChI is InChI=1S/C16H27N3O/c1-4-19-9-5-6-14(19)11-18(3)13-7-8-15(12(2)17)16(20)10-13/h7-8,10,12,14,20H,4-6,9,11,17H2,1-3H3. The molecule has 20 heavy (non-hydrogen) atoms. The summed E-state index contributed by atoms with van der Waals surface area (Å²) in [7, 11) is 2.09. The van der Waals surface area contributed by atoms with Gasteiger partial charge in [-0.25, -0.2) is 0 Å². The monoisotopic (exact) mass is 277 g/mol. The zero-order chi connectivity index (χ0) is 14.7. The van der Waals surface area contributed by atoms with Gasteiger partial charge in [-0.1, -0.05) is 13.0 Å². The molecule has 0 aromatic heterocycles. The van der Waals surface area contributed by atoms with Crippen molar-refractivity contribution in [2.24, 2.45) is 5.73 Å². The van der Waals surface area contributed by atoms with Crippen LogP contribution in [0.15, 0.2) is 18.2 Å². The molecule has 0 radical (unpaired) electrons. The van der Waals surface area contributed by atoms with Crippen LogP contribution in [0.2, 0.25) is 0 Å². The Balaban J connectivity index is 2.05. The van der Waals surface area contributed by atoms with Gasteiger partial charge in [0.1, 0.15) is 5.75 Å². The fourth-order valence-electron chi connectivity index (χ4n) is 3.09. The molecule has 0 amide bonds. The molecule has 1 aromatic carbocycles. The number of phenolic OH excluding ortho intramolecular Hbond substituents is 1. The Hall–Kier alpha value is -1.26. The first-order valence-corrected chi connectivity index (χ1v) is 7.56. The smallest absolute Gasteiger partial charge is 0.122 e. The molecule has 0 spiro atoms. The van der Waals surface area contributed by atoms with Crippen LogP contribution in [0.1, 0.15) is 38.3 Å². The molecule has 0 bridgehead atoms. The van der Waals surface area contributed by atoms with E-state index >= 15 is 0 Å². The molecule has 0 aliphatic carbocycles. The van der Waals surface area contributed by atoms with Gasteiger partial charge >= 0.3 is 0 Å². The average Bonchev–Trinajstić information content (AvgIpc) is 2.85. The van der Waals surface area contributed by atoms with E-state index in [1.54, 1.807) is 0 Å². The van der Waals surface area contributed by atoms with Crippen molar-refractivity contribution in [3.63, 3.8) is 0 Å². The van der Waals surface area contributed by atoms with E-state index in [0.29, 0.717) is 11.8 Å². The Kier molecular flexibility index (Phi) is 4.89. The molecule has 1 saturated heterocycles. The summed E-state index contributed by atoms with van der Waals surface area (Å²) < 4.78 is 0. The largest absolute Gasteiger partial charge is 0.508 e. The summed E-state index contributed by atoms with van der Waals surface area (Å²) in [5.41, 5.74) is 7.68. The van der Waals surface area contributed by atoms with E-state index in [-0.39, 0.29) is 6.04 Å². The molecular formula is C16H27N3O.